The van der Waals surface area contributed by atoms with Gasteiger partial charge in [0, 0.05) is 5.57 Å². The number of hydrogen-bond donors (Lipinski definition) is 0. The van der Waals surface area contributed by atoms with Gasteiger partial charge in [-0.25, -0.2) is 4.79 Å². The van der Waals surface area contributed by atoms with E-state index in [2.05, 4.69) is 0 Å². The molecule has 2 rings (SSSR count). The van der Waals surface area contributed by atoms with Gasteiger partial charge in [-0.3, -0.25) is 0 Å². The van der Waals surface area contributed by atoms with E-state index in [0.29, 0.717) is 6.61 Å². The lowest BCUT2D eigenvalue weighted by Crippen LogP contribution is -2.12. The molecule has 0 spiro atoms. The van der Waals surface area contributed by atoms with Crippen LogP contribution in [0.2, 0.25) is 0 Å². The van der Waals surface area contributed by atoms with Crippen molar-refractivity contribution < 1.29 is 9.53 Å². The Kier molecular flexibility index (Phi) is 3.97. The quantitative estimate of drug-likeness (QED) is 0.741. The van der Waals surface area contributed by atoms with Gasteiger partial charge in [0.25, 0.3) is 0 Å². The van der Waals surface area contributed by atoms with Crippen molar-refractivity contribution in [3.8, 4) is 0 Å². The van der Waals surface area contributed by atoms with E-state index in [9.17, 15) is 4.79 Å². The summed E-state index contributed by atoms with van der Waals surface area (Å²) in [5.74, 6) is -0.133. The van der Waals surface area contributed by atoms with Crippen molar-refractivity contribution in [2.45, 2.75) is 39.2 Å². The van der Waals surface area contributed by atoms with Gasteiger partial charge in [0.05, 0.1) is 0 Å². The Labute approximate surface area is 102 Å². The molecule has 0 amide bonds. The molecule has 0 unspecified atom stereocenters. The zero-order chi connectivity index (χ0) is 12.1. The molecule has 1 aromatic carbocycles. The molecule has 0 aromatic heterocycles. The van der Waals surface area contributed by atoms with Crippen molar-refractivity contribution >= 4 is 5.97 Å². The second kappa shape index (κ2) is 5.67. The van der Waals surface area contributed by atoms with E-state index in [1.807, 2.05) is 37.3 Å². The molecule has 2 nitrogen and oxygen atoms in total. The molecule has 0 saturated heterocycles. The summed E-state index contributed by atoms with van der Waals surface area (Å²) in [5, 5.41) is 0. The number of benzene rings is 1. The number of esters is 1. The van der Waals surface area contributed by atoms with Crippen LogP contribution >= 0.6 is 0 Å². The Morgan fingerprint density at radius 1 is 1.18 bits per heavy atom. The topological polar surface area (TPSA) is 26.3 Å². The molecule has 0 aliphatic heterocycles. The van der Waals surface area contributed by atoms with Crippen molar-refractivity contribution in [2.75, 3.05) is 0 Å². The van der Waals surface area contributed by atoms with Crippen molar-refractivity contribution in [2.24, 2.45) is 0 Å². The highest BCUT2D eigenvalue weighted by atomic mass is 16.5. The average molecular weight is 230 g/mol. The van der Waals surface area contributed by atoms with Crippen LogP contribution in [0.5, 0.6) is 0 Å². The van der Waals surface area contributed by atoms with E-state index in [1.54, 1.807) is 0 Å². The molecule has 90 valence electrons. The minimum Gasteiger partial charge on any atom is -0.457 e. The lowest BCUT2D eigenvalue weighted by molar-refractivity contribution is -0.140. The average Bonchev–Trinajstić information content (AvgIpc) is 2.38. The standard InChI is InChI=1S/C15H18O2/c1-12-7-5-6-10-14(12)15(16)17-11-13-8-3-2-4-9-13/h2-4,8-9H,5-7,10-11H2,1H3. The summed E-state index contributed by atoms with van der Waals surface area (Å²) in [6.07, 6.45) is 4.21. The molecular formula is C15H18O2. The maximum atomic E-state index is 11.9. The molecule has 2 heteroatoms. The molecule has 17 heavy (non-hydrogen) atoms. The first-order chi connectivity index (χ1) is 8.27. The van der Waals surface area contributed by atoms with Gasteiger partial charge in [-0.1, -0.05) is 35.9 Å². The molecule has 1 aliphatic carbocycles. The third-order valence-electron chi connectivity index (χ3n) is 3.20. The van der Waals surface area contributed by atoms with E-state index in [-0.39, 0.29) is 5.97 Å². The fourth-order valence-corrected chi connectivity index (χ4v) is 2.14. The highest BCUT2D eigenvalue weighted by molar-refractivity contribution is 5.89. The zero-order valence-corrected chi connectivity index (χ0v) is 10.2. The van der Waals surface area contributed by atoms with Gasteiger partial charge in [-0.2, -0.15) is 0 Å². The Morgan fingerprint density at radius 3 is 2.59 bits per heavy atom. The SMILES string of the molecule is CC1=C(C(=O)OCc2ccccc2)CCCC1. The van der Waals surface area contributed by atoms with Gasteiger partial charge in [0.2, 0.25) is 0 Å². The van der Waals surface area contributed by atoms with Crippen LogP contribution in [0, 0.1) is 0 Å². The third kappa shape index (κ3) is 3.19. The molecule has 0 fully saturated rings. The van der Waals surface area contributed by atoms with Crippen molar-refractivity contribution in [3.63, 3.8) is 0 Å². The summed E-state index contributed by atoms with van der Waals surface area (Å²) >= 11 is 0. The van der Waals surface area contributed by atoms with E-state index in [4.69, 9.17) is 4.74 Å². The van der Waals surface area contributed by atoms with Crippen LogP contribution in [0.25, 0.3) is 0 Å². The number of ether oxygens (including phenoxy) is 1. The smallest absolute Gasteiger partial charge is 0.334 e. The van der Waals surface area contributed by atoms with Gasteiger partial charge < -0.3 is 4.74 Å². The lowest BCUT2D eigenvalue weighted by Gasteiger charge is -2.16. The van der Waals surface area contributed by atoms with Gasteiger partial charge in [0.1, 0.15) is 6.61 Å². The summed E-state index contributed by atoms with van der Waals surface area (Å²) in [4.78, 5) is 11.9. The lowest BCUT2D eigenvalue weighted by atomic mass is 9.93. The zero-order valence-electron chi connectivity index (χ0n) is 10.2. The Hall–Kier alpha value is -1.57. The molecule has 0 heterocycles. The maximum Gasteiger partial charge on any atom is 0.334 e. The van der Waals surface area contributed by atoms with Crippen LogP contribution < -0.4 is 0 Å². The predicted molar refractivity (Wildman–Crippen MR) is 67.4 cm³/mol. The fourth-order valence-electron chi connectivity index (χ4n) is 2.14. The summed E-state index contributed by atoms with van der Waals surface area (Å²) in [6.45, 7) is 2.41. The first-order valence-corrected chi connectivity index (χ1v) is 6.17. The molecule has 0 radical (unpaired) electrons. The van der Waals surface area contributed by atoms with Crippen LogP contribution in [0.15, 0.2) is 41.5 Å². The number of allylic oxidation sites excluding steroid dienone is 1. The predicted octanol–water partition coefficient (Wildman–Crippen LogP) is 3.62. The van der Waals surface area contributed by atoms with Gasteiger partial charge in [0.15, 0.2) is 0 Å². The Morgan fingerprint density at radius 2 is 1.88 bits per heavy atom. The van der Waals surface area contributed by atoms with Crippen LogP contribution in [0.3, 0.4) is 0 Å². The van der Waals surface area contributed by atoms with Crippen molar-refractivity contribution in [1.82, 2.24) is 0 Å². The minimum absolute atomic E-state index is 0.133. The number of carbonyl (C=O) groups is 1. The number of carbonyl (C=O) groups excluding carboxylic acids is 1. The molecule has 1 aliphatic rings. The largest absolute Gasteiger partial charge is 0.457 e. The minimum atomic E-state index is -0.133. The fraction of sp³-hybridized carbons (Fsp3) is 0.400. The molecule has 0 saturated carbocycles. The molecular weight excluding hydrogens is 212 g/mol. The summed E-state index contributed by atoms with van der Waals surface area (Å²) in [6, 6.07) is 9.80. The normalized spacial score (nSPS) is 15.8. The third-order valence-corrected chi connectivity index (χ3v) is 3.20. The van der Waals surface area contributed by atoms with Gasteiger partial charge in [-0.05, 0) is 38.2 Å². The first kappa shape index (κ1) is 11.9. The van der Waals surface area contributed by atoms with Crippen LogP contribution in [-0.2, 0) is 16.1 Å². The Bertz CT molecular complexity index is 418. The summed E-state index contributed by atoms with van der Waals surface area (Å²) in [5.41, 5.74) is 3.14. The summed E-state index contributed by atoms with van der Waals surface area (Å²) < 4.78 is 5.34. The van der Waals surface area contributed by atoms with Crippen molar-refractivity contribution in [3.05, 3.63) is 47.0 Å². The number of rotatable bonds is 3. The molecule has 1 aromatic rings. The van der Waals surface area contributed by atoms with Crippen LogP contribution in [0.1, 0.15) is 38.2 Å². The maximum absolute atomic E-state index is 11.9. The highest BCUT2D eigenvalue weighted by Crippen LogP contribution is 2.25. The van der Waals surface area contributed by atoms with Crippen molar-refractivity contribution in [1.29, 1.82) is 0 Å². The van der Waals surface area contributed by atoms with Gasteiger partial charge >= 0.3 is 5.97 Å². The summed E-state index contributed by atoms with van der Waals surface area (Å²) in [7, 11) is 0. The van der Waals surface area contributed by atoms with E-state index < -0.39 is 0 Å². The molecule has 0 N–H and O–H groups in total. The molecule has 0 bridgehead atoms. The Balaban J connectivity index is 1.94. The van der Waals surface area contributed by atoms with E-state index in [0.717, 1.165) is 30.4 Å². The number of hydrogen-bond acceptors (Lipinski definition) is 2. The molecule has 0 atom stereocenters. The van der Waals surface area contributed by atoms with E-state index >= 15 is 0 Å². The highest BCUT2D eigenvalue weighted by Gasteiger charge is 2.17. The van der Waals surface area contributed by atoms with Crippen LogP contribution in [-0.4, -0.2) is 5.97 Å². The first-order valence-electron chi connectivity index (χ1n) is 6.17. The second-order valence-corrected chi connectivity index (χ2v) is 4.53. The monoisotopic (exact) mass is 230 g/mol. The van der Waals surface area contributed by atoms with Crippen LogP contribution in [0.4, 0.5) is 0 Å². The van der Waals surface area contributed by atoms with E-state index in [1.165, 1.54) is 12.0 Å². The van der Waals surface area contributed by atoms with Gasteiger partial charge in [-0.15, -0.1) is 0 Å². The second-order valence-electron chi connectivity index (χ2n) is 4.53.